The summed E-state index contributed by atoms with van der Waals surface area (Å²) in [6, 6.07) is 3.79. The van der Waals surface area contributed by atoms with Crippen LogP contribution in [0.1, 0.15) is 122 Å². The van der Waals surface area contributed by atoms with Crippen molar-refractivity contribution >= 4 is 5.97 Å². The first kappa shape index (κ1) is 24.7. The van der Waals surface area contributed by atoms with E-state index >= 15 is 0 Å². The molecule has 0 spiro atoms. The summed E-state index contributed by atoms with van der Waals surface area (Å²) in [5.41, 5.74) is 0.947. The Morgan fingerprint density at radius 3 is 1.75 bits per heavy atom. The van der Waals surface area contributed by atoms with Gasteiger partial charge in [-0.2, -0.15) is 0 Å². The van der Waals surface area contributed by atoms with Gasteiger partial charge >= 0.3 is 5.97 Å². The molecule has 28 heavy (non-hydrogen) atoms. The van der Waals surface area contributed by atoms with Crippen molar-refractivity contribution in [3.63, 3.8) is 0 Å². The Morgan fingerprint density at radius 1 is 0.786 bits per heavy atom. The van der Waals surface area contributed by atoms with E-state index in [1.807, 2.05) is 12.1 Å². The lowest BCUT2D eigenvalue weighted by atomic mass is 10.0. The molecule has 0 aliphatic heterocycles. The smallest absolute Gasteiger partial charge is 0.306 e. The monoisotopic (exact) mass is 389 g/mol. The van der Waals surface area contributed by atoms with Gasteiger partial charge in [0.2, 0.25) is 0 Å². The van der Waals surface area contributed by atoms with Gasteiger partial charge in [-0.25, -0.2) is 0 Å². The van der Waals surface area contributed by atoms with E-state index in [0.29, 0.717) is 13.0 Å². The second-order valence-corrected chi connectivity index (χ2v) is 8.08. The van der Waals surface area contributed by atoms with E-state index in [1.165, 1.54) is 89.9 Å². The molecule has 0 fully saturated rings. The zero-order valence-electron chi connectivity index (χ0n) is 18.3. The van der Waals surface area contributed by atoms with E-state index in [4.69, 9.17) is 4.74 Å². The van der Waals surface area contributed by atoms with Gasteiger partial charge < -0.3 is 4.74 Å². The third kappa shape index (κ3) is 15.7. The normalized spacial score (nSPS) is 10.9. The van der Waals surface area contributed by atoms with Crippen molar-refractivity contribution in [2.45, 2.75) is 123 Å². The van der Waals surface area contributed by atoms with Crippen molar-refractivity contribution in [2.75, 3.05) is 0 Å². The Kier molecular flexibility index (Phi) is 16.7. The number of carbonyl (C=O) groups excluding carboxylic acids is 1. The van der Waals surface area contributed by atoms with Gasteiger partial charge in [-0.05, 0) is 12.5 Å². The fraction of sp³-hybridized carbons (Fsp3) is 0.760. The molecular formula is C25H43NO2. The van der Waals surface area contributed by atoms with Crippen LogP contribution in [0, 0.1) is 0 Å². The van der Waals surface area contributed by atoms with Gasteiger partial charge in [0.1, 0.15) is 6.61 Å². The van der Waals surface area contributed by atoms with Crippen molar-refractivity contribution < 1.29 is 9.53 Å². The van der Waals surface area contributed by atoms with E-state index in [1.54, 1.807) is 12.4 Å². The number of rotatable bonds is 19. The van der Waals surface area contributed by atoms with Crippen molar-refractivity contribution in [1.29, 1.82) is 0 Å². The van der Waals surface area contributed by atoms with E-state index in [2.05, 4.69) is 11.9 Å². The van der Waals surface area contributed by atoms with Crippen LogP contribution >= 0.6 is 0 Å². The topological polar surface area (TPSA) is 39.2 Å². The molecule has 0 aromatic carbocycles. The molecule has 1 heterocycles. The number of pyridine rings is 1. The quantitative estimate of drug-likeness (QED) is 0.179. The van der Waals surface area contributed by atoms with E-state index in [9.17, 15) is 4.79 Å². The van der Waals surface area contributed by atoms with Gasteiger partial charge in [-0.1, -0.05) is 109 Å². The highest BCUT2D eigenvalue weighted by Gasteiger charge is 2.03. The number of unbranched alkanes of at least 4 members (excludes halogenated alkanes) is 15. The summed E-state index contributed by atoms with van der Waals surface area (Å²) in [7, 11) is 0. The zero-order chi connectivity index (χ0) is 20.1. The number of carbonyl (C=O) groups is 1. The largest absolute Gasteiger partial charge is 0.461 e. The summed E-state index contributed by atoms with van der Waals surface area (Å²) >= 11 is 0. The molecule has 3 nitrogen and oxygen atoms in total. The zero-order valence-corrected chi connectivity index (χ0v) is 18.3. The Balaban J connectivity index is 1.75. The number of hydrogen-bond acceptors (Lipinski definition) is 3. The van der Waals surface area contributed by atoms with Gasteiger partial charge in [0.05, 0.1) is 0 Å². The SMILES string of the molecule is CCCCCCCCCCCCCCCCCCC(=O)OCc1cccnc1. The lowest BCUT2D eigenvalue weighted by Gasteiger charge is -2.05. The molecule has 0 amide bonds. The summed E-state index contributed by atoms with van der Waals surface area (Å²) in [5, 5.41) is 0. The summed E-state index contributed by atoms with van der Waals surface area (Å²) in [5.74, 6) is -0.0887. The Hall–Kier alpha value is -1.38. The second kappa shape index (κ2) is 19.0. The van der Waals surface area contributed by atoms with Crippen LogP contribution in [0.2, 0.25) is 0 Å². The molecule has 160 valence electrons. The molecule has 0 unspecified atom stereocenters. The fourth-order valence-corrected chi connectivity index (χ4v) is 3.54. The van der Waals surface area contributed by atoms with Crippen LogP contribution < -0.4 is 0 Å². The lowest BCUT2D eigenvalue weighted by molar-refractivity contribution is -0.145. The molecule has 0 bridgehead atoms. The summed E-state index contributed by atoms with van der Waals surface area (Å²) in [6.45, 7) is 2.62. The van der Waals surface area contributed by atoms with Crippen molar-refractivity contribution in [3.05, 3.63) is 30.1 Å². The minimum atomic E-state index is -0.0887. The number of esters is 1. The number of hydrogen-bond donors (Lipinski definition) is 0. The van der Waals surface area contributed by atoms with Gasteiger partial charge in [0, 0.05) is 24.4 Å². The summed E-state index contributed by atoms with van der Waals surface area (Å²) in [4.78, 5) is 15.7. The molecule has 0 aliphatic carbocycles. The molecule has 1 rings (SSSR count). The van der Waals surface area contributed by atoms with Gasteiger partial charge in [0.15, 0.2) is 0 Å². The summed E-state index contributed by atoms with van der Waals surface area (Å²) < 4.78 is 5.27. The van der Waals surface area contributed by atoms with Crippen LogP contribution in [0.4, 0.5) is 0 Å². The van der Waals surface area contributed by atoms with Crippen molar-refractivity contribution in [1.82, 2.24) is 4.98 Å². The van der Waals surface area contributed by atoms with E-state index < -0.39 is 0 Å². The lowest BCUT2D eigenvalue weighted by Crippen LogP contribution is -2.04. The van der Waals surface area contributed by atoms with Crippen LogP contribution in [-0.4, -0.2) is 11.0 Å². The van der Waals surface area contributed by atoms with Crippen LogP contribution in [0.15, 0.2) is 24.5 Å². The molecule has 0 aliphatic rings. The minimum Gasteiger partial charge on any atom is -0.461 e. The Labute approximate surface area is 173 Å². The Bertz CT molecular complexity index is 461. The molecule has 3 heteroatoms. The standard InChI is InChI=1S/C25H43NO2/c1-2-3-4-5-6-7-8-9-10-11-12-13-14-15-16-17-20-25(27)28-23-24-19-18-21-26-22-24/h18-19,21-22H,2-17,20,23H2,1H3. The maximum atomic E-state index is 11.7. The third-order valence-corrected chi connectivity index (χ3v) is 5.36. The maximum Gasteiger partial charge on any atom is 0.306 e. The molecule has 0 saturated carbocycles. The number of aromatic nitrogens is 1. The van der Waals surface area contributed by atoms with Crippen LogP contribution in [0.5, 0.6) is 0 Å². The van der Waals surface area contributed by atoms with Gasteiger partial charge in [-0.3, -0.25) is 9.78 Å². The predicted octanol–water partition coefficient (Wildman–Crippen LogP) is 7.78. The van der Waals surface area contributed by atoms with Crippen LogP contribution in [-0.2, 0) is 16.1 Å². The third-order valence-electron chi connectivity index (χ3n) is 5.36. The van der Waals surface area contributed by atoms with Gasteiger partial charge in [0.25, 0.3) is 0 Å². The summed E-state index contributed by atoms with van der Waals surface area (Å²) in [6.07, 6.45) is 25.6. The highest BCUT2D eigenvalue weighted by molar-refractivity contribution is 5.69. The molecule has 0 N–H and O–H groups in total. The van der Waals surface area contributed by atoms with E-state index in [0.717, 1.165) is 18.4 Å². The van der Waals surface area contributed by atoms with E-state index in [-0.39, 0.29) is 5.97 Å². The maximum absolute atomic E-state index is 11.7. The van der Waals surface area contributed by atoms with Crippen LogP contribution in [0.25, 0.3) is 0 Å². The first-order chi connectivity index (χ1) is 13.8. The molecule has 1 aromatic heterocycles. The first-order valence-corrected chi connectivity index (χ1v) is 11.9. The highest BCUT2D eigenvalue weighted by Crippen LogP contribution is 2.14. The molecule has 1 aromatic rings. The second-order valence-electron chi connectivity index (χ2n) is 8.08. The average Bonchev–Trinajstić information content (AvgIpc) is 2.72. The molecule has 0 saturated heterocycles. The average molecular weight is 390 g/mol. The molecular weight excluding hydrogens is 346 g/mol. The molecule has 0 radical (unpaired) electrons. The number of ether oxygens (including phenoxy) is 1. The molecule has 0 atom stereocenters. The van der Waals surface area contributed by atoms with Crippen molar-refractivity contribution in [2.24, 2.45) is 0 Å². The van der Waals surface area contributed by atoms with Crippen molar-refractivity contribution in [3.8, 4) is 0 Å². The Morgan fingerprint density at radius 2 is 1.29 bits per heavy atom. The van der Waals surface area contributed by atoms with Gasteiger partial charge in [-0.15, -0.1) is 0 Å². The predicted molar refractivity (Wildman–Crippen MR) is 118 cm³/mol. The van der Waals surface area contributed by atoms with Crippen LogP contribution in [0.3, 0.4) is 0 Å². The fourth-order valence-electron chi connectivity index (χ4n) is 3.54. The first-order valence-electron chi connectivity index (χ1n) is 11.9. The highest BCUT2D eigenvalue weighted by atomic mass is 16.5. The number of nitrogens with zero attached hydrogens (tertiary/aromatic N) is 1. The minimum absolute atomic E-state index is 0.0887.